The first-order chi connectivity index (χ1) is 11.1. The molecule has 0 aliphatic carbocycles. The summed E-state index contributed by atoms with van der Waals surface area (Å²) in [7, 11) is 0. The minimum absolute atomic E-state index is 0.0440. The summed E-state index contributed by atoms with van der Waals surface area (Å²) in [4.78, 5) is 25.4. The number of carbonyl (C=O) groups is 2. The number of nitriles is 1. The molecule has 1 aromatic rings. The highest BCUT2D eigenvalue weighted by Gasteiger charge is 2.23. The zero-order chi connectivity index (χ0) is 16.7. The number of benzene rings is 1. The van der Waals surface area contributed by atoms with Gasteiger partial charge in [-0.2, -0.15) is 5.26 Å². The van der Waals surface area contributed by atoms with E-state index < -0.39 is 0 Å². The molecule has 2 rings (SSSR count). The van der Waals surface area contributed by atoms with Crippen LogP contribution >= 0.6 is 15.9 Å². The predicted molar refractivity (Wildman–Crippen MR) is 90.4 cm³/mol. The van der Waals surface area contributed by atoms with Gasteiger partial charge in [-0.25, -0.2) is 0 Å². The van der Waals surface area contributed by atoms with Gasteiger partial charge in [-0.05, 0) is 30.9 Å². The summed E-state index contributed by atoms with van der Waals surface area (Å²) in [6.07, 6.45) is 2.59. The van der Waals surface area contributed by atoms with Crippen LogP contribution in [0.15, 0.2) is 28.7 Å². The number of hydrogen-bond donors (Lipinski definition) is 1. The molecule has 1 aliphatic rings. The van der Waals surface area contributed by atoms with Crippen LogP contribution in [0.5, 0.6) is 0 Å². The number of aryl methyl sites for hydroxylation is 1. The van der Waals surface area contributed by atoms with Gasteiger partial charge in [0.1, 0.15) is 6.42 Å². The fourth-order valence-electron chi connectivity index (χ4n) is 2.70. The Morgan fingerprint density at radius 1 is 1.30 bits per heavy atom. The Labute approximate surface area is 144 Å². The van der Waals surface area contributed by atoms with Gasteiger partial charge >= 0.3 is 0 Å². The first kappa shape index (κ1) is 17.5. The molecule has 1 aromatic carbocycles. The lowest BCUT2D eigenvalue weighted by Crippen LogP contribution is -2.46. The largest absolute Gasteiger partial charge is 0.353 e. The van der Waals surface area contributed by atoms with E-state index in [0.29, 0.717) is 25.9 Å². The number of nitrogens with one attached hydrogen (secondary N) is 1. The molecule has 0 spiro atoms. The van der Waals surface area contributed by atoms with Crippen molar-refractivity contribution in [2.75, 3.05) is 13.1 Å². The van der Waals surface area contributed by atoms with Crippen LogP contribution in [0, 0.1) is 11.3 Å². The first-order valence-electron chi connectivity index (χ1n) is 7.77. The van der Waals surface area contributed by atoms with Gasteiger partial charge in [-0.1, -0.05) is 34.1 Å². The molecule has 0 bridgehead atoms. The van der Waals surface area contributed by atoms with Crippen molar-refractivity contribution in [1.82, 2.24) is 10.2 Å². The highest BCUT2D eigenvalue weighted by molar-refractivity contribution is 9.10. The maximum absolute atomic E-state index is 12.1. The van der Waals surface area contributed by atoms with Gasteiger partial charge in [0, 0.05) is 30.0 Å². The molecule has 122 valence electrons. The second-order valence-corrected chi connectivity index (χ2v) is 6.50. The van der Waals surface area contributed by atoms with Crippen molar-refractivity contribution in [2.45, 2.75) is 38.1 Å². The third kappa shape index (κ3) is 5.36. The maximum Gasteiger partial charge on any atom is 0.236 e. The van der Waals surface area contributed by atoms with Gasteiger partial charge in [0.2, 0.25) is 11.8 Å². The molecule has 23 heavy (non-hydrogen) atoms. The minimum atomic E-state index is -0.119. The molecular formula is C17H20BrN3O2. The first-order valence-corrected chi connectivity index (χ1v) is 8.57. The van der Waals surface area contributed by atoms with E-state index in [1.807, 2.05) is 30.3 Å². The van der Waals surface area contributed by atoms with E-state index in [4.69, 9.17) is 5.26 Å². The van der Waals surface area contributed by atoms with Gasteiger partial charge in [-0.15, -0.1) is 0 Å². The summed E-state index contributed by atoms with van der Waals surface area (Å²) in [5, 5.41) is 11.6. The fraction of sp³-hybridized carbons (Fsp3) is 0.471. The normalized spacial score (nSPS) is 15.0. The number of hydrogen-bond acceptors (Lipinski definition) is 3. The number of piperidine rings is 1. The molecule has 6 heteroatoms. The van der Waals surface area contributed by atoms with Crippen LogP contribution in [0.2, 0.25) is 0 Å². The molecule has 1 N–H and O–H groups in total. The topological polar surface area (TPSA) is 73.2 Å². The Hall–Kier alpha value is -1.87. The van der Waals surface area contributed by atoms with Crippen LogP contribution in [-0.4, -0.2) is 35.8 Å². The van der Waals surface area contributed by atoms with Gasteiger partial charge in [0.15, 0.2) is 0 Å². The second-order valence-electron chi connectivity index (χ2n) is 5.65. The van der Waals surface area contributed by atoms with E-state index in [0.717, 1.165) is 22.9 Å². The number of likely N-dealkylation sites (tertiary alicyclic amines) is 1. The Kier molecular flexibility index (Phi) is 6.60. The lowest BCUT2D eigenvalue weighted by molar-refractivity contribution is -0.131. The van der Waals surface area contributed by atoms with E-state index in [1.54, 1.807) is 4.90 Å². The number of rotatable bonds is 5. The lowest BCUT2D eigenvalue weighted by Gasteiger charge is -2.32. The van der Waals surface area contributed by atoms with Crippen molar-refractivity contribution in [3.05, 3.63) is 34.3 Å². The molecule has 0 radical (unpaired) electrons. The van der Waals surface area contributed by atoms with Crippen LogP contribution in [0.4, 0.5) is 0 Å². The van der Waals surface area contributed by atoms with Crippen LogP contribution in [0.1, 0.15) is 31.2 Å². The van der Waals surface area contributed by atoms with E-state index in [2.05, 4.69) is 21.2 Å². The molecule has 0 saturated carbocycles. The van der Waals surface area contributed by atoms with Gasteiger partial charge in [0.05, 0.1) is 6.07 Å². The molecule has 1 saturated heterocycles. The van der Waals surface area contributed by atoms with Crippen LogP contribution in [0.25, 0.3) is 0 Å². The molecule has 0 aromatic heterocycles. The average Bonchev–Trinajstić information content (AvgIpc) is 2.55. The highest BCUT2D eigenvalue weighted by Crippen LogP contribution is 2.17. The zero-order valence-corrected chi connectivity index (χ0v) is 14.5. The third-order valence-electron chi connectivity index (χ3n) is 4.02. The Morgan fingerprint density at radius 2 is 2.00 bits per heavy atom. The summed E-state index contributed by atoms with van der Waals surface area (Å²) in [5.74, 6) is -0.0752. The van der Waals surface area contributed by atoms with E-state index in [1.165, 1.54) is 0 Å². The summed E-state index contributed by atoms with van der Waals surface area (Å²) in [5.41, 5.74) is 1.12. The van der Waals surface area contributed by atoms with Crippen LogP contribution < -0.4 is 5.32 Å². The molecular weight excluding hydrogens is 358 g/mol. The van der Waals surface area contributed by atoms with Crippen molar-refractivity contribution in [3.8, 4) is 6.07 Å². The molecule has 5 nitrogen and oxygen atoms in total. The molecule has 1 fully saturated rings. The molecule has 0 unspecified atom stereocenters. The van der Waals surface area contributed by atoms with E-state index in [9.17, 15) is 9.59 Å². The Bertz CT molecular complexity index is 604. The Morgan fingerprint density at radius 3 is 2.65 bits per heavy atom. The van der Waals surface area contributed by atoms with Crippen molar-refractivity contribution < 1.29 is 9.59 Å². The zero-order valence-electron chi connectivity index (χ0n) is 12.9. The molecule has 1 aliphatic heterocycles. The van der Waals surface area contributed by atoms with Crippen LogP contribution in [-0.2, 0) is 16.0 Å². The quantitative estimate of drug-likeness (QED) is 0.855. The van der Waals surface area contributed by atoms with Crippen molar-refractivity contribution in [1.29, 1.82) is 5.26 Å². The summed E-state index contributed by atoms with van der Waals surface area (Å²) in [6.45, 7) is 1.21. The monoisotopic (exact) mass is 377 g/mol. The van der Waals surface area contributed by atoms with Crippen LogP contribution in [0.3, 0.4) is 0 Å². The van der Waals surface area contributed by atoms with Crippen molar-refractivity contribution >= 4 is 27.7 Å². The summed E-state index contributed by atoms with van der Waals surface area (Å²) >= 11 is 3.49. The number of carbonyl (C=O) groups excluding carboxylic acids is 2. The number of nitrogens with zero attached hydrogens (tertiary/aromatic N) is 2. The molecule has 2 amide bonds. The lowest BCUT2D eigenvalue weighted by atomic mass is 10.0. The summed E-state index contributed by atoms with van der Waals surface area (Å²) < 4.78 is 1.03. The summed E-state index contributed by atoms with van der Waals surface area (Å²) in [6, 6.07) is 9.90. The fourth-order valence-corrected chi connectivity index (χ4v) is 3.18. The second kappa shape index (κ2) is 8.68. The predicted octanol–water partition coefficient (Wildman–Crippen LogP) is 2.40. The van der Waals surface area contributed by atoms with E-state index >= 15 is 0 Å². The smallest absolute Gasteiger partial charge is 0.236 e. The Balaban J connectivity index is 1.72. The highest BCUT2D eigenvalue weighted by atomic mass is 79.9. The third-order valence-corrected chi connectivity index (χ3v) is 4.80. The van der Waals surface area contributed by atoms with Crippen molar-refractivity contribution in [2.24, 2.45) is 0 Å². The van der Waals surface area contributed by atoms with Crippen molar-refractivity contribution in [3.63, 3.8) is 0 Å². The molecule has 0 atom stereocenters. The molecule has 1 heterocycles. The standard InChI is InChI=1S/C17H20BrN3O2/c18-15-4-2-1-3-13(15)5-6-16(22)20-14-8-11-21(12-9-14)17(23)7-10-19/h1-4,14H,5-9,11-12H2,(H,20,22). The van der Waals surface area contributed by atoms with E-state index in [-0.39, 0.29) is 24.3 Å². The number of halogens is 1. The van der Waals surface area contributed by atoms with Gasteiger partial charge in [0.25, 0.3) is 0 Å². The average molecular weight is 378 g/mol. The number of amides is 2. The maximum atomic E-state index is 12.1. The SMILES string of the molecule is N#CCC(=O)N1CCC(NC(=O)CCc2ccccc2Br)CC1. The van der Waals surface area contributed by atoms with Gasteiger partial charge < -0.3 is 10.2 Å². The minimum Gasteiger partial charge on any atom is -0.353 e. The van der Waals surface area contributed by atoms with Gasteiger partial charge in [-0.3, -0.25) is 9.59 Å².